The first kappa shape index (κ1) is 11.0. The number of nitrogens with two attached hydrogens (primary N) is 1. The van der Waals surface area contributed by atoms with Gasteiger partial charge >= 0.3 is 0 Å². The van der Waals surface area contributed by atoms with Crippen molar-refractivity contribution in [1.82, 2.24) is 4.90 Å². The molecule has 2 unspecified atom stereocenters. The van der Waals surface area contributed by atoms with E-state index in [0.29, 0.717) is 12.0 Å². The van der Waals surface area contributed by atoms with Crippen LogP contribution in [-0.2, 0) is 4.74 Å². The van der Waals surface area contributed by atoms with Gasteiger partial charge in [-0.25, -0.2) is 0 Å². The molecule has 0 spiro atoms. The molecular weight excluding hydrogens is 164 g/mol. The van der Waals surface area contributed by atoms with E-state index in [2.05, 4.69) is 19.0 Å². The summed E-state index contributed by atoms with van der Waals surface area (Å²) in [6.45, 7) is 2.88. The molecule has 1 fully saturated rings. The molecule has 2 N–H and O–H groups in total. The molecule has 0 aromatic heterocycles. The van der Waals surface area contributed by atoms with E-state index in [4.69, 9.17) is 10.5 Å². The molecule has 1 rings (SSSR count). The van der Waals surface area contributed by atoms with Gasteiger partial charge in [-0.2, -0.15) is 0 Å². The van der Waals surface area contributed by atoms with E-state index in [1.807, 2.05) is 0 Å². The van der Waals surface area contributed by atoms with Crippen LogP contribution in [0.4, 0.5) is 0 Å². The van der Waals surface area contributed by atoms with Crippen LogP contribution in [0.5, 0.6) is 0 Å². The van der Waals surface area contributed by atoms with Gasteiger partial charge in [0, 0.05) is 12.6 Å². The molecule has 78 valence electrons. The minimum atomic E-state index is 0.322. The Morgan fingerprint density at radius 2 is 2.31 bits per heavy atom. The lowest BCUT2D eigenvalue weighted by atomic mass is 9.92. The standard InChI is InChI=1S/C10H22N2O/c1-12(2)6-5-10(11)9-4-3-7-13-8-9/h9-10H,3-8,11H2,1-2H3. The summed E-state index contributed by atoms with van der Waals surface area (Å²) in [6, 6.07) is 0.322. The summed E-state index contributed by atoms with van der Waals surface area (Å²) in [5, 5.41) is 0. The van der Waals surface area contributed by atoms with Crippen LogP contribution in [0.15, 0.2) is 0 Å². The maximum atomic E-state index is 6.09. The molecule has 0 saturated carbocycles. The number of nitrogens with zero attached hydrogens (tertiary/aromatic N) is 1. The number of hydrogen-bond acceptors (Lipinski definition) is 3. The smallest absolute Gasteiger partial charge is 0.0509 e. The second-order valence-electron chi connectivity index (χ2n) is 4.23. The predicted octanol–water partition coefficient (Wildman–Crippen LogP) is 0.692. The van der Waals surface area contributed by atoms with Crippen molar-refractivity contribution in [1.29, 1.82) is 0 Å². The fourth-order valence-electron chi connectivity index (χ4n) is 1.75. The quantitative estimate of drug-likeness (QED) is 0.702. The largest absolute Gasteiger partial charge is 0.381 e. The van der Waals surface area contributed by atoms with Gasteiger partial charge in [-0.05, 0) is 45.8 Å². The summed E-state index contributed by atoms with van der Waals surface area (Å²) in [5.41, 5.74) is 6.09. The van der Waals surface area contributed by atoms with Gasteiger partial charge in [0.05, 0.1) is 6.61 Å². The lowest BCUT2D eigenvalue weighted by molar-refractivity contribution is 0.0429. The van der Waals surface area contributed by atoms with Crippen LogP contribution >= 0.6 is 0 Å². The van der Waals surface area contributed by atoms with E-state index in [0.717, 1.165) is 26.2 Å². The molecule has 1 aliphatic heterocycles. The van der Waals surface area contributed by atoms with Gasteiger partial charge in [0.15, 0.2) is 0 Å². The zero-order valence-electron chi connectivity index (χ0n) is 8.83. The summed E-state index contributed by atoms with van der Waals surface area (Å²) in [5.74, 6) is 0.591. The molecule has 0 aromatic rings. The maximum absolute atomic E-state index is 6.09. The van der Waals surface area contributed by atoms with Gasteiger partial charge in [-0.3, -0.25) is 0 Å². The third-order valence-corrected chi connectivity index (χ3v) is 2.71. The fourth-order valence-corrected chi connectivity index (χ4v) is 1.75. The van der Waals surface area contributed by atoms with Crippen molar-refractivity contribution in [2.24, 2.45) is 11.7 Å². The average molecular weight is 186 g/mol. The molecule has 13 heavy (non-hydrogen) atoms. The Bertz CT molecular complexity index is 133. The second kappa shape index (κ2) is 5.58. The maximum Gasteiger partial charge on any atom is 0.0509 e. The van der Waals surface area contributed by atoms with Gasteiger partial charge in [-0.1, -0.05) is 0 Å². The highest BCUT2D eigenvalue weighted by atomic mass is 16.5. The predicted molar refractivity (Wildman–Crippen MR) is 54.7 cm³/mol. The summed E-state index contributed by atoms with van der Waals surface area (Å²) in [6.07, 6.45) is 3.51. The van der Waals surface area contributed by atoms with Crippen molar-refractivity contribution in [2.45, 2.75) is 25.3 Å². The van der Waals surface area contributed by atoms with Crippen molar-refractivity contribution in [2.75, 3.05) is 33.9 Å². The summed E-state index contributed by atoms with van der Waals surface area (Å²) in [7, 11) is 4.17. The van der Waals surface area contributed by atoms with E-state index in [-0.39, 0.29) is 0 Å². The first-order chi connectivity index (χ1) is 6.20. The molecule has 1 saturated heterocycles. The van der Waals surface area contributed by atoms with Gasteiger partial charge in [0.25, 0.3) is 0 Å². The van der Waals surface area contributed by atoms with Gasteiger partial charge in [0.2, 0.25) is 0 Å². The van der Waals surface area contributed by atoms with Crippen molar-refractivity contribution >= 4 is 0 Å². The highest BCUT2D eigenvalue weighted by molar-refractivity contribution is 4.75. The molecule has 1 heterocycles. The minimum absolute atomic E-state index is 0.322. The van der Waals surface area contributed by atoms with Crippen LogP contribution in [-0.4, -0.2) is 44.8 Å². The van der Waals surface area contributed by atoms with Crippen molar-refractivity contribution in [3.8, 4) is 0 Å². The van der Waals surface area contributed by atoms with Crippen molar-refractivity contribution < 1.29 is 4.74 Å². The molecule has 0 aromatic carbocycles. The summed E-state index contributed by atoms with van der Waals surface area (Å²) >= 11 is 0. The second-order valence-corrected chi connectivity index (χ2v) is 4.23. The normalized spacial score (nSPS) is 26.3. The van der Waals surface area contributed by atoms with E-state index < -0.39 is 0 Å². The molecular formula is C10H22N2O. The summed E-state index contributed by atoms with van der Waals surface area (Å²) < 4.78 is 5.42. The highest BCUT2D eigenvalue weighted by Crippen LogP contribution is 2.17. The first-order valence-corrected chi connectivity index (χ1v) is 5.18. The number of hydrogen-bond donors (Lipinski definition) is 1. The van der Waals surface area contributed by atoms with Gasteiger partial charge < -0.3 is 15.4 Å². The molecule has 3 nitrogen and oxygen atoms in total. The Balaban J connectivity index is 2.17. The van der Waals surface area contributed by atoms with Crippen molar-refractivity contribution in [3.63, 3.8) is 0 Å². The van der Waals surface area contributed by atoms with Crippen LogP contribution in [0.3, 0.4) is 0 Å². The monoisotopic (exact) mass is 186 g/mol. The van der Waals surface area contributed by atoms with E-state index in [1.54, 1.807) is 0 Å². The number of ether oxygens (including phenoxy) is 1. The van der Waals surface area contributed by atoms with Crippen LogP contribution in [0.1, 0.15) is 19.3 Å². The number of rotatable bonds is 4. The molecule has 1 aliphatic rings. The Morgan fingerprint density at radius 1 is 1.54 bits per heavy atom. The lowest BCUT2D eigenvalue weighted by Gasteiger charge is -2.28. The SMILES string of the molecule is CN(C)CCC(N)C1CCCOC1. The van der Waals surface area contributed by atoms with Crippen LogP contribution < -0.4 is 5.73 Å². The fraction of sp³-hybridized carbons (Fsp3) is 1.00. The minimum Gasteiger partial charge on any atom is -0.381 e. The van der Waals surface area contributed by atoms with Gasteiger partial charge in [0.1, 0.15) is 0 Å². The Hall–Kier alpha value is -0.120. The average Bonchev–Trinajstić information content (AvgIpc) is 2.15. The third kappa shape index (κ3) is 4.07. The van der Waals surface area contributed by atoms with Crippen molar-refractivity contribution in [3.05, 3.63) is 0 Å². The summed E-state index contributed by atoms with van der Waals surface area (Å²) in [4.78, 5) is 2.18. The third-order valence-electron chi connectivity index (χ3n) is 2.71. The lowest BCUT2D eigenvalue weighted by Crippen LogP contribution is -2.37. The Labute approximate surface area is 81.2 Å². The zero-order chi connectivity index (χ0) is 9.68. The van der Waals surface area contributed by atoms with Gasteiger partial charge in [-0.15, -0.1) is 0 Å². The van der Waals surface area contributed by atoms with E-state index in [9.17, 15) is 0 Å². The highest BCUT2D eigenvalue weighted by Gasteiger charge is 2.20. The Kier molecular flexibility index (Phi) is 4.70. The zero-order valence-corrected chi connectivity index (χ0v) is 8.83. The molecule has 0 radical (unpaired) electrons. The Morgan fingerprint density at radius 3 is 2.85 bits per heavy atom. The van der Waals surface area contributed by atoms with Crippen LogP contribution in [0.2, 0.25) is 0 Å². The molecule has 0 aliphatic carbocycles. The molecule has 0 amide bonds. The molecule has 2 atom stereocenters. The molecule has 0 bridgehead atoms. The van der Waals surface area contributed by atoms with Crippen LogP contribution in [0, 0.1) is 5.92 Å². The van der Waals surface area contributed by atoms with E-state index >= 15 is 0 Å². The van der Waals surface area contributed by atoms with E-state index in [1.165, 1.54) is 12.8 Å². The molecule has 3 heteroatoms. The topological polar surface area (TPSA) is 38.5 Å². The van der Waals surface area contributed by atoms with Crippen LogP contribution in [0.25, 0.3) is 0 Å². The first-order valence-electron chi connectivity index (χ1n) is 5.18.